The number of pyridine rings is 2. The van der Waals surface area contributed by atoms with Gasteiger partial charge in [-0.05, 0) is 48.0 Å². The third-order valence-electron chi connectivity index (χ3n) is 4.82. The van der Waals surface area contributed by atoms with Crippen LogP contribution in [0.3, 0.4) is 0 Å². The molecule has 4 aromatic rings. The van der Waals surface area contributed by atoms with Gasteiger partial charge in [0.2, 0.25) is 0 Å². The van der Waals surface area contributed by atoms with Crippen LogP contribution >= 0.6 is 23.2 Å². The Kier molecular flexibility index (Phi) is 6.11. The van der Waals surface area contributed by atoms with Crippen LogP contribution in [0.2, 0.25) is 10.0 Å². The van der Waals surface area contributed by atoms with Crippen molar-refractivity contribution in [2.75, 3.05) is 25.0 Å². The Bertz CT molecular complexity index is 1150. The SMILES string of the molecule is NC(CNCCNc1ccnc2cc(Cl)ccc12)c1ccnc2cc(Cl)ccc12. The van der Waals surface area contributed by atoms with Gasteiger partial charge in [-0.3, -0.25) is 9.97 Å². The van der Waals surface area contributed by atoms with Gasteiger partial charge in [0.15, 0.2) is 0 Å². The van der Waals surface area contributed by atoms with Gasteiger partial charge >= 0.3 is 0 Å². The Labute approximate surface area is 179 Å². The summed E-state index contributed by atoms with van der Waals surface area (Å²) in [4.78, 5) is 8.74. The van der Waals surface area contributed by atoms with Crippen molar-refractivity contribution in [1.82, 2.24) is 15.3 Å². The fourth-order valence-corrected chi connectivity index (χ4v) is 3.73. The lowest BCUT2D eigenvalue weighted by Crippen LogP contribution is -2.30. The molecule has 0 amide bonds. The number of nitrogens with one attached hydrogen (secondary N) is 2. The summed E-state index contributed by atoms with van der Waals surface area (Å²) in [6.07, 6.45) is 3.56. The molecule has 0 saturated heterocycles. The number of anilines is 1. The van der Waals surface area contributed by atoms with Gasteiger partial charge in [-0.15, -0.1) is 0 Å². The standard InChI is InChI=1S/C22H21Cl2N5/c23-14-1-3-17-16(5-7-27-21(17)11-14)19(25)13-26-9-10-29-20-6-8-28-22-12-15(24)2-4-18(20)22/h1-8,11-12,19,26H,9-10,13,25H2,(H,28,29). The van der Waals surface area contributed by atoms with Gasteiger partial charge in [-0.25, -0.2) is 0 Å². The van der Waals surface area contributed by atoms with Crippen molar-refractivity contribution in [2.45, 2.75) is 6.04 Å². The molecule has 4 N–H and O–H groups in total. The molecule has 2 aromatic carbocycles. The topological polar surface area (TPSA) is 75.9 Å². The quantitative estimate of drug-likeness (QED) is 0.371. The van der Waals surface area contributed by atoms with Crippen molar-refractivity contribution in [3.63, 3.8) is 0 Å². The fourth-order valence-electron chi connectivity index (χ4n) is 3.40. The number of aromatic nitrogens is 2. The van der Waals surface area contributed by atoms with Gasteiger partial charge in [0.05, 0.1) is 11.0 Å². The minimum atomic E-state index is -0.134. The zero-order chi connectivity index (χ0) is 20.2. The molecule has 0 spiro atoms. The van der Waals surface area contributed by atoms with Crippen LogP contribution in [0.4, 0.5) is 5.69 Å². The summed E-state index contributed by atoms with van der Waals surface area (Å²) in [6, 6.07) is 15.2. The molecule has 0 aliphatic heterocycles. The van der Waals surface area contributed by atoms with Gasteiger partial charge in [0, 0.05) is 64.6 Å². The molecule has 0 saturated carbocycles. The van der Waals surface area contributed by atoms with E-state index >= 15 is 0 Å². The van der Waals surface area contributed by atoms with Crippen LogP contribution in [0.1, 0.15) is 11.6 Å². The first kappa shape index (κ1) is 19.9. The maximum absolute atomic E-state index is 6.42. The molecular weight excluding hydrogens is 405 g/mol. The van der Waals surface area contributed by atoms with Crippen molar-refractivity contribution < 1.29 is 0 Å². The van der Waals surface area contributed by atoms with E-state index in [-0.39, 0.29) is 6.04 Å². The molecule has 0 radical (unpaired) electrons. The summed E-state index contributed by atoms with van der Waals surface area (Å²) in [6.45, 7) is 2.21. The Morgan fingerprint density at radius 1 is 0.828 bits per heavy atom. The number of hydrogen-bond donors (Lipinski definition) is 3. The Morgan fingerprint density at radius 2 is 1.48 bits per heavy atom. The molecule has 0 aliphatic rings. The van der Waals surface area contributed by atoms with Gasteiger partial charge in [-0.2, -0.15) is 0 Å². The number of nitrogens with zero attached hydrogens (tertiary/aromatic N) is 2. The zero-order valence-corrected chi connectivity index (χ0v) is 17.2. The molecule has 1 unspecified atom stereocenters. The van der Waals surface area contributed by atoms with Crippen molar-refractivity contribution in [3.05, 3.63) is 76.5 Å². The maximum atomic E-state index is 6.42. The highest BCUT2D eigenvalue weighted by molar-refractivity contribution is 6.31. The van der Waals surface area contributed by atoms with E-state index in [1.54, 1.807) is 12.4 Å². The average molecular weight is 426 g/mol. The average Bonchev–Trinajstić information content (AvgIpc) is 2.72. The number of fused-ring (bicyclic) bond motifs is 2. The molecule has 2 aromatic heterocycles. The summed E-state index contributed by atoms with van der Waals surface area (Å²) in [5, 5.41) is 10.3. The molecule has 2 heterocycles. The molecule has 0 aliphatic carbocycles. The normalized spacial score (nSPS) is 12.4. The van der Waals surface area contributed by atoms with E-state index in [1.165, 1.54) is 0 Å². The molecule has 148 valence electrons. The molecular formula is C22H21Cl2N5. The van der Waals surface area contributed by atoms with E-state index in [0.717, 1.165) is 46.1 Å². The van der Waals surface area contributed by atoms with Gasteiger partial charge in [0.25, 0.3) is 0 Å². The van der Waals surface area contributed by atoms with Crippen molar-refractivity contribution >= 4 is 50.7 Å². The molecule has 5 nitrogen and oxygen atoms in total. The third-order valence-corrected chi connectivity index (χ3v) is 5.29. The Balaban J connectivity index is 1.33. The minimum absolute atomic E-state index is 0.134. The van der Waals surface area contributed by atoms with E-state index in [0.29, 0.717) is 16.6 Å². The molecule has 7 heteroatoms. The van der Waals surface area contributed by atoms with Crippen molar-refractivity contribution in [2.24, 2.45) is 5.73 Å². The van der Waals surface area contributed by atoms with Crippen LogP contribution in [0.15, 0.2) is 60.9 Å². The second kappa shape index (κ2) is 8.93. The van der Waals surface area contributed by atoms with E-state index in [9.17, 15) is 0 Å². The number of nitrogens with two attached hydrogens (primary N) is 1. The number of hydrogen-bond acceptors (Lipinski definition) is 5. The highest BCUT2D eigenvalue weighted by atomic mass is 35.5. The number of benzene rings is 2. The molecule has 29 heavy (non-hydrogen) atoms. The molecule has 0 fully saturated rings. The number of halogens is 2. The number of rotatable bonds is 7. The van der Waals surface area contributed by atoms with E-state index in [2.05, 4.69) is 20.6 Å². The van der Waals surface area contributed by atoms with Crippen LogP contribution < -0.4 is 16.4 Å². The van der Waals surface area contributed by atoms with Crippen LogP contribution in [-0.4, -0.2) is 29.6 Å². The summed E-state index contributed by atoms with van der Waals surface area (Å²) in [7, 11) is 0. The fraction of sp³-hybridized carbons (Fsp3) is 0.182. The van der Waals surface area contributed by atoms with Crippen LogP contribution in [0.5, 0.6) is 0 Å². The summed E-state index contributed by atoms with van der Waals surface area (Å²) in [5.41, 5.74) is 10.2. The predicted molar refractivity (Wildman–Crippen MR) is 122 cm³/mol. The van der Waals surface area contributed by atoms with Crippen LogP contribution in [0, 0.1) is 0 Å². The smallest absolute Gasteiger partial charge is 0.0737 e. The van der Waals surface area contributed by atoms with Crippen molar-refractivity contribution in [1.29, 1.82) is 0 Å². The summed E-state index contributed by atoms with van der Waals surface area (Å²) >= 11 is 12.1. The zero-order valence-electron chi connectivity index (χ0n) is 15.7. The predicted octanol–water partition coefficient (Wildman–Crippen LogP) is 4.79. The van der Waals surface area contributed by atoms with Crippen molar-refractivity contribution in [3.8, 4) is 0 Å². The lowest BCUT2D eigenvalue weighted by Gasteiger charge is -2.16. The third kappa shape index (κ3) is 4.60. The van der Waals surface area contributed by atoms with E-state index in [1.807, 2.05) is 48.5 Å². The maximum Gasteiger partial charge on any atom is 0.0737 e. The molecule has 0 bridgehead atoms. The van der Waals surface area contributed by atoms with Crippen LogP contribution in [0.25, 0.3) is 21.8 Å². The first-order chi connectivity index (χ1) is 14.1. The van der Waals surface area contributed by atoms with E-state index in [4.69, 9.17) is 28.9 Å². The lowest BCUT2D eigenvalue weighted by atomic mass is 10.0. The van der Waals surface area contributed by atoms with Gasteiger partial charge < -0.3 is 16.4 Å². The van der Waals surface area contributed by atoms with Crippen LogP contribution in [-0.2, 0) is 0 Å². The second-order valence-electron chi connectivity index (χ2n) is 6.82. The van der Waals surface area contributed by atoms with E-state index < -0.39 is 0 Å². The first-order valence-electron chi connectivity index (χ1n) is 9.40. The van der Waals surface area contributed by atoms with Gasteiger partial charge in [-0.1, -0.05) is 29.3 Å². The molecule has 4 rings (SSSR count). The van der Waals surface area contributed by atoms with Gasteiger partial charge in [0.1, 0.15) is 0 Å². The summed E-state index contributed by atoms with van der Waals surface area (Å²) < 4.78 is 0. The first-order valence-corrected chi connectivity index (χ1v) is 10.2. The Hall–Kier alpha value is -2.44. The lowest BCUT2D eigenvalue weighted by molar-refractivity contribution is 0.611. The summed E-state index contributed by atoms with van der Waals surface area (Å²) in [5.74, 6) is 0. The molecule has 1 atom stereocenters. The minimum Gasteiger partial charge on any atom is -0.383 e. The highest BCUT2D eigenvalue weighted by Crippen LogP contribution is 2.25. The second-order valence-corrected chi connectivity index (χ2v) is 7.69. The Morgan fingerprint density at radius 3 is 2.24 bits per heavy atom. The largest absolute Gasteiger partial charge is 0.383 e. The highest BCUT2D eigenvalue weighted by Gasteiger charge is 2.10. The monoisotopic (exact) mass is 425 g/mol.